The first kappa shape index (κ1) is 16.9. The molecule has 4 unspecified atom stereocenters. The lowest BCUT2D eigenvalue weighted by Gasteiger charge is -2.42. The quantitative estimate of drug-likeness (QED) is 0.739. The molecular formula is C15H32N2O2. The van der Waals surface area contributed by atoms with Crippen molar-refractivity contribution >= 4 is 0 Å². The first-order valence-corrected chi connectivity index (χ1v) is 7.65. The van der Waals surface area contributed by atoms with E-state index < -0.39 is 0 Å². The second kappa shape index (κ2) is 7.58. The Morgan fingerprint density at radius 1 is 1.37 bits per heavy atom. The molecule has 0 saturated carbocycles. The molecule has 4 nitrogen and oxygen atoms in total. The molecule has 1 fully saturated rings. The summed E-state index contributed by atoms with van der Waals surface area (Å²) in [5.41, 5.74) is -0.180. The van der Waals surface area contributed by atoms with E-state index in [1.54, 1.807) is 0 Å². The van der Waals surface area contributed by atoms with Gasteiger partial charge in [-0.05, 0) is 47.1 Å². The molecule has 1 saturated heterocycles. The predicted octanol–water partition coefficient (Wildman–Crippen LogP) is 1.62. The smallest absolute Gasteiger partial charge is 0.0678 e. The number of nitrogens with zero attached hydrogens (tertiary/aromatic N) is 1. The predicted molar refractivity (Wildman–Crippen MR) is 79.4 cm³/mol. The van der Waals surface area contributed by atoms with Gasteiger partial charge in [-0.15, -0.1) is 0 Å². The van der Waals surface area contributed by atoms with Crippen LogP contribution in [0.25, 0.3) is 0 Å². The largest absolute Gasteiger partial charge is 0.394 e. The average Bonchev–Trinajstić information content (AvgIpc) is 2.35. The standard InChI is InChI=1S/C15H32N2O2/c1-6-7-16-15(5,11-18)8-12(2)17-9-13(3)19-14(4)10-17/h12-14,16,18H,6-11H2,1-5H3. The van der Waals surface area contributed by atoms with Gasteiger partial charge in [-0.2, -0.15) is 0 Å². The minimum atomic E-state index is -0.180. The Morgan fingerprint density at radius 2 is 1.95 bits per heavy atom. The van der Waals surface area contributed by atoms with Gasteiger partial charge < -0.3 is 15.2 Å². The summed E-state index contributed by atoms with van der Waals surface area (Å²) in [6.45, 7) is 13.9. The third-order valence-electron chi connectivity index (χ3n) is 3.97. The van der Waals surface area contributed by atoms with Gasteiger partial charge in [0.2, 0.25) is 0 Å². The first-order chi connectivity index (χ1) is 8.90. The summed E-state index contributed by atoms with van der Waals surface area (Å²) in [6, 6.07) is 0.454. The molecule has 19 heavy (non-hydrogen) atoms. The molecule has 0 radical (unpaired) electrons. The maximum atomic E-state index is 9.66. The molecule has 0 aliphatic carbocycles. The van der Waals surface area contributed by atoms with E-state index >= 15 is 0 Å². The van der Waals surface area contributed by atoms with Crippen molar-refractivity contribution < 1.29 is 9.84 Å². The van der Waals surface area contributed by atoms with Gasteiger partial charge in [0.05, 0.1) is 18.8 Å². The van der Waals surface area contributed by atoms with Crippen LogP contribution in [-0.2, 0) is 4.74 Å². The number of rotatable bonds is 7. The van der Waals surface area contributed by atoms with Crippen LogP contribution < -0.4 is 5.32 Å². The molecule has 1 rings (SSSR count). The summed E-state index contributed by atoms with van der Waals surface area (Å²) in [5, 5.41) is 13.1. The van der Waals surface area contributed by atoms with Crippen molar-refractivity contribution in [2.45, 2.75) is 71.2 Å². The van der Waals surface area contributed by atoms with Crippen LogP contribution in [0.15, 0.2) is 0 Å². The maximum Gasteiger partial charge on any atom is 0.0678 e. The molecule has 1 aliphatic heterocycles. The highest BCUT2D eigenvalue weighted by atomic mass is 16.5. The fraction of sp³-hybridized carbons (Fsp3) is 1.00. The fourth-order valence-electron chi connectivity index (χ4n) is 2.98. The van der Waals surface area contributed by atoms with E-state index in [0.717, 1.165) is 32.5 Å². The molecule has 0 aromatic carbocycles. The molecule has 0 spiro atoms. The summed E-state index contributed by atoms with van der Waals surface area (Å²) < 4.78 is 5.78. The highest BCUT2D eigenvalue weighted by Crippen LogP contribution is 2.20. The Hall–Kier alpha value is -0.160. The van der Waals surface area contributed by atoms with E-state index in [2.05, 4.69) is 44.8 Å². The second-order valence-electron chi connectivity index (χ2n) is 6.41. The molecule has 0 amide bonds. The minimum absolute atomic E-state index is 0.180. The molecule has 0 bridgehead atoms. The number of hydrogen-bond acceptors (Lipinski definition) is 4. The summed E-state index contributed by atoms with van der Waals surface area (Å²) in [7, 11) is 0. The maximum absolute atomic E-state index is 9.66. The van der Waals surface area contributed by atoms with Gasteiger partial charge in [0.15, 0.2) is 0 Å². The van der Waals surface area contributed by atoms with Gasteiger partial charge in [-0.25, -0.2) is 0 Å². The molecule has 114 valence electrons. The monoisotopic (exact) mass is 272 g/mol. The summed E-state index contributed by atoms with van der Waals surface area (Å²) in [5.74, 6) is 0. The van der Waals surface area contributed by atoms with Crippen LogP contribution in [0.2, 0.25) is 0 Å². The molecule has 2 N–H and O–H groups in total. The highest BCUT2D eigenvalue weighted by Gasteiger charge is 2.31. The Balaban J connectivity index is 2.53. The molecule has 0 aromatic heterocycles. The van der Waals surface area contributed by atoms with Crippen molar-refractivity contribution in [3.05, 3.63) is 0 Å². The normalized spacial score (nSPS) is 30.0. The third kappa shape index (κ3) is 5.38. The molecule has 4 heteroatoms. The molecule has 1 heterocycles. The molecule has 0 aromatic rings. The van der Waals surface area contributed by atoms with Crippen molar-refractivity contribution in [2.24, 2.45) is 0 Å². The van der Waals surface area contributed by atoms with Crippen molar-refractivity contribution in [3.8, 4) is 0 Å². The average molecular weight is 272 g/mol. The zero-order chi connectivity index (χ0) is 14.5. The number of morpholine rings is 1. The van der Waals surface area contributed by atoms with E-state index in [1.165, 1.54) is 0 Å². The second-order valence-corrected chi connectivity index (χ2v) is 6.41. The summed E-state index contributed by atoms with van der Waals surface area (Å²) in [4.78, 5) is 2.49. The lowest BCUT2D eigenvalue weighted by atomic mass is 9.93. The van der Waals surface area contributed by atoms with Crippen molar-refractivity contribution in [1.82, 2.24) is 10.2 Å². The minimum Gasteiger partial charge on any atom is -0.394 e. The summed E-state index contributed by atoms with van der Waals surface area (Å²) in [6.07, 6.45) is 2.66. The van der Waals surface area contributed by atoms with Gasteiger partial charge in [0.25, 0.3) is 0 Å². The Labute approximate surface area is 118 Å². The van der Waals surface area contributed by atoms with Crippen LogP contribution >= 0.6 is 0 Å². The fourth-order valence-corrected chi connectivity index (χ4v) is 2.98. The SMILES string of the molecule is CCCNC(C)(CO)CC(C)N1CC(C)OC(C)C1. The van der Waals surface area contributed by atoms with Gasteiger partial charge in [0.1, 0.15) is 0 Å². The van der Waals surface area contributed by atoms with Gasteiger partial charge in [0, 0.05) is 24.7 Å². The van der Waals surface area contributed by atoms with Gasteiger partial charge in [-0.3, -0.25) is 4.90 Å². The number of aliphatic hydroxyl groups is 1. The number of nitrogens with one attached hydrogen (secondary N) is 1. The van der Waals surface area contributed by atoms with E-state index in [1.807, 2.05) is 0 Å². The number of aliphatic hydroxyl groups excluding tert-OH is 1. The Morgan fingerprint density at radius 3 is 2.42 bits per heavy atom. The number of ether oxygens (including phenoxy) is 1. The van der Waals surface area contributed by atoms with Crippen molar-refractivity contribution in [2.75, 3.05) is 26.2 Å². The van der Waals surface area contributed by atoms with Crippen LogP contribution in [0, 0.1) is 0 Å². The molecule has 1 aliphatic rings. The lowest BCUT2D eigenvalue weighted by Crippen LogP contribution is -2.54. The zero-order valence-corrected chi connectivity index (χ0v) is 13.3. The molecular weight excluding hydrogens is 240 g/mol. The Kier molecular flexibility index (Phi) is 6.74. The first-order valence-electron chi connectivity index (χ1n) is 7.65. The van der Waals surface area contributed by atoms with E-state index in [0.29, 0.717) is 18.2 Å². The third-order valence-corrected chi connectivity index (χ3v) is 3.97. The lowest BCUT2D eigenvalue weighted by molar-refractivity contribution is -0.0821. The van der Waals surface area contributed by atoms with Crippen LogP contribution in [0.4, 0.5) is 0 Å². The molecule has 4 atom stereocenters. The van der Waals surface area contributed by atoms with Gasteiger partial charge >= 0.3 is 0 Å². The van der Waals surface area contributed by atoms with Gasteiger partial charge in [-0.1, -0.05) is 6.92 Å². The van der Waals surface area contributed by atoms with Crippen LogP contribution in [-0.4, -0.2) is 60.0 Å². The van der Waals surface area contributed by atoms with E-state index in [9.17, 15) is 5.11 Å². The summed E-state index contributed by atoms with van der Waals surface area (Å²) >= 11 is 0. The van der Waals surface area contributed by atoms with Crippen molar-refractivity contribution in [1.29, 1.82) is 0 Å². The zero-order valence-electron chi connectivity index (χ0n) is 13.3. The highest BCUT2D eigenvalue weighted by molar-refractivity contribution is 4.88. The topological polar surface area (TPSA) is 44.7 Å². The van der Waals surface area contributed by atoms with E-state index in [4.69, 9.17) is 4.74 Å². The van der Waals surface area contributed by atoms with Crippen LogP contribution in [0.3, 0.4) is 0 Å². The van der Waals surface area contributed by atoms with Crippen LogP contribution in [0.5, 0.6) is 0 Å². The van der Waals surface area contributed by atoms with Crippen LogP contribution in [0.1, 0.15) is 47.5 Å². The van der Waals surface area contributed by atoms with Crippen molar-refractivity contribution in [3.63, 3.8) is 0 Å². The Bertz CT molecular complexity index is 253. The van der Waals surface area contributed by atoms with E-state index in [-0.39, 0.29) is 12.1 Å². The number of hydrogen-bond donors (Lipinski definition) is 2.